The summed E-state index contributed by atoms with van der Waals surface area (Å²) in [5.74, 6) is -0.178. The van der Waals surface area contributed by atoms with Gasteiger partial charge in [-0.1, -0.05) is 43.3 Å². The molecule has 30 heavy (non-hydrogen) atoms. The number of hydrogen-bond donors (Lipinski definition) is 1. The molecule has 1 aromatic heterocycles. The molecule has 0 saturated carbocycles. The van der Waals surface area contributed by atoms with Crippen molar-refractivity contribution in [3.63, 3.8) is 0 Å². The van der Waals surface area contributed by atoms with Gasteiger partial charge in [-0.2, -0.15) is 0 Å². The fourth-order valence-corrected chi connectivity index (χ4v) is 3.51. The first-order valence-corrected chi connectivity index (χ1v) is 10.5. The Kier molecular flexibility index (Phi) is 7.19. The van der Waals surface area contributed by atoms with Crippen molar-refractivity contribution in [2.45, 2.75) is 32.8 Å². The van der Waals surface area contributed by atoms with E-state index < -0.39 is 18.0 Å². The topological polar surface area (TPSA) is 77.5 Å². The van der Waals surface area contributed by atoms with Gasteiger partial charge in [0.2, 0.25) is 0 Å². The molecule has 0 aliphatic rings. The molecule has 1 heterocycles. The van der Waals surface area contributed by atoms with Gasteiger partial charge < -0.3 is 9.47 Å². The summed E-state index contributed by atoms with van der Waals surface area (Å²) in [5, 5.41) is 5.06. The number of carbonyl (C=O) groups excluding carboxylic acids is 2. The molecule has 1 atom stereocenters. The zero-order valence-electron chi connectivity index (χ0n) is 17.2. The van der Waals surface area contributed by atoms with E-state index in [1.807, 2.05) is 17.5 Å². The minimum atomic E-state index is -0.924. The van der Waals surface area contributed by atoms with Crippen LogP contribution in [0.2, 0.25) is 0 Å². The number of amides is 1. The highest BCUT2D eigenvalue weighted by atomic mass is 32.1. The van der Waals surface area contributed by atoms with Crippen LogP contribution in [0.4, 0.5) is 5.13 Å². The van der Waals surface area contributed by atoms with Gasteiger partial charge in [0.05, 0.1) is 19.2 Å². The molecule has 3 rings (SSSR count). The van der Waals surface area contributed by atoms with Gasteiger partial charge in [0.25, 0.3) is 5.91 Å². The molecule has 1 N–H and O–H groups in total. The molecule has 0 fully saturated rings. The third kappa shape index (κ3) is 5.67. The Balaban J connectivity index is 1.53. The van der Waals surface area contributed by atoms with Crippen molar-refractivity contribution in [2.24, 2.45) is 0 Å². The summed E-state index contributed by atoms with van der Waals surface area (Å²) in [5.41, 5.74) is 3.82. The first-order valence-electron chi connectivity index (χ1n) is 9.66. The second-order valence-electron chi connectivity index (χ2n) is 6.73. The van der Waals surface area contributed by atoms with Crippen LogP contribution in [-0.2, 0) is 27.2 Å². The van der Waals surface area contributed by atoms with Crippen LogP contribution in [0.15, 0.2) is 53.9 Å². The predicted molar refractivity (Wildman–Crippen MR) is 118 cm³/mol. The van der Waals surface area contributed by atoms with E-state index in [9.17, 15) is 9.59 Å². The van der Waals surface area contributed by atoms with Crippen LogP contribution in [0.5, 0.6) is 5.75 Å². The second kappa shape index (κ2) is 10.0. The van der Waals surface area contributed by atoms with Crippen LogP contribution < -0.4 is 10.1 Å². The second-order valence-corrected chi connectivity index (χ2v) is 7.59. The third-order valence-electron chi connectivity index (χ3n) is 4.58. The molecule has 2 aromatic carbocycles. The summed E-state index contributed by atoms with van der Waals surface area (Å²) in [6, 6.07) is 15.3. The number of rotatable bonds is 8. The normalized spacial score (nSPS) is 11.6. The molecule has 0 unspecified atom stereocenters. The number of aryl methyl sites for hydroxylation is 1. The van der Waals surface area contributed by atoms with Gasteiger partial charge in [-0.25, -0.2) is 4.98 Å². The number of nitrogens with one attached hydrogen (secondary N) is 1. The number of nitrogens with zero attached hydrogens (tertiary/aromatic N) is 1. The maximum absolute atomic E-state index is 12.4. The highest BCUT2D eigenvalue weighted by Crippen LogP contribution is 2.25. The zero-order chi connectivity index (χ0) is 21.5. The highest BCUT2D eigenvalue weighted by molar-refractivity contribution is 7.14. The summed E-state index contributed by atoms with van der Waals surface area (Å²) in [7, 11) is 1.58. The van der Waals surface area contributed by atoms with Crippen LogP contribution in [-0.4, -0.2) is 30.1 Å². The first-order chi connectivity index (χ1) is 14.5. The molecule has 0 spiro atoms. The molecule has 0 radical (unpaired) electrons. The number of hydrogen-bond acceptors (Lipinski definition) is 6. The third-order valence-corrected chi connectivity index (χ3v) is 5.33. The van der Waals surface area contributed by atoms with E-state index >= 15 is 0 Å². The summed E-state index contributed by atoms with van der Waals surface area (Å²) in [6.07, 6.45) is 0.136. The molecule has 6 nitrogen and oxygen atoms in total. The molecule has 7 heteroatoms. The van der Waals surface area contributed by atoms with Crippen LogP contribution in [0.25, 0.3) is 11.3 Å². The summed E-state index contributed by atoms with van der Waals surface area (Å²) < 4.78 is 10.3. The standard InChI is InChI=1S/C23H24N2O4S/c1-4-16-5-9-18(10-6-16)20-14-30-23(24-20)25-22(27)15(2)29-21(26)13-17-7-11-19(28-3)12-8-17/h5-12,14-15H,4,13H2,1-3H3,(H,24,25,27)/t15-/m1/s1. The minimum Gasteiger partial charge on any atom is -0.497 e. The van der Waals surface area contributed by atoms with E-state index in [0.717, 1.165) is 23.2 Å². The van der Waals surface area contributed by atoms with Crippen molar-refractivity contribution < 1.29 is 19.1 Å². The lowest BCUT2D eigenvalue weighted by Crippen LogP contribution is -2.30. The number of esters is 1. The smallest absolute Gasteiger partial charge is 0.311 e. The van der Waals surface area contributed by atoms with Gasteiger partial charge in [0.15, 0.2) is 11.2 Å². The molecule has 0 aliphatic carbocycles. The Morgan fingerprint density at radius 1 is 1.07 bits per heavy atom. The molecule has 0 aliphatic heterocycles. The average Bonchev–Trinajstić information content (AvgIpc) is 3.22. The van der Waals surface area contributed by atoms with Gasteiger partial charge in [0.1, 0.15) is 5.75 Å². The summed E-state index contributed by atoms with van der Waals surface area (Å²) in [4.78, 5) is 29.0. The van der Waals surface area contributed by atoms with E-state index in [1.165, 1.54) is 16.9 Å². The minimum absolute atomic E-state index is 0.0801. The van der Waals surface area contributed by atoms with E-state index in [2.05, 4.69) is 29.4 Å². The molecule has 0 saturated heterocycles. The molecule has 3 aromatic rings. The number of anilines is 1. The molecular weight excluding hydrogens is 400 g/mol. The van der Waals surface area contributed by atoms with Gasteiger partial charge in [-0.15, -0.1) is 11.3 Å². The van der Waals surface area contributed by atoms with Crippen molar-refractivity contribution in [1.82, 2.24) is 4.98 Å². The Morgan fingerprint density at radius 2 is 1.73 bits per heavy atom. The fraction of sp³-hybridized carbons (Fsp3) is 0.261. The van der Waals surface area contributed by atoms with Crippen LogP contribution >= 0.6 is 11.3 Å². The number of benzene rings is 2. The van der Waals surface area contributed by atoms with Gasteiger partial charge in [-0.05, 0) is 36.6 Å². The monoisotopic (exact) mass is 424 g/mol. The maximum Gasteiger partial charge on any atom is 0.311 e. The molecule has 1 amide bonds. The summed E-state index contributed by atoms with van der Waals surface area (Å²) in [6.45, 7) is 3.65. The largest absolute Gasteiger partial charge is 0.497 e. The lowest BCUT2D eigenvalue weighted by atomic mass is 10.1. The number of ether oxygens (including phenoxy) is 2. The number of thiazole rings is 1. The Bertz CT molecular complexity index is 997. The quantitative estimate of drug-likeness (QED) is 0.539. The Labute approximate surface area is 179 Å². The Morgan fingerprint density at radius 3 is 2.37 bits per heavy atom. The van der Waals surface area contributed by atoms with Crippen molar-refractivity contribution in [2.75, 3.05) is 12.4 Å². The van der Waals surface area contributed by atoms with Crippen molar-refractivity contribution in [3.8, 4) is 17.0 Å². The zero-order valence-corrected chi connectivity index (χ0v) is 18.0. The van der Waals surface area contributed by atoms with E-state index in [-0.39, 0.29) is 6.42 Å². The maximum atomic E-state index is 12.4. The molecular formula is C23H24N2O4S. The number of methoxy groups -OCH3 is 1. The van der Waals surface area contributed by atoms with Crippen molar-refractivity contribution in [1.29, 1.82) is 0 Å². The lowest BCUT2D eigenvalue weighted by Gasteiger charge is -2.12. The van der Waals surface area contributed by atoms with E-state index in [0.29, 0.717) is 10.9 Å². The van der Waals surface area contributed by atoms with Crippen molar-refractivity contribution in [3.05, 3.63) is 65.0 Å². The predicted octanol–water partition coefficient (Wildman–Crippen LogP) is 4.49. The highest BCUT2D eigenvalue weighted by Gasteiger charge is 2.19. The van der Waals surface area contributed by atoms with E-state index in [4.69, 9.17) is 9.47 Å². The van der Waals surface area contributed by atoms with Gasteiger partial charge >= 0.3 is 5.97 Å². The van der Waals surface area contributed by atoms with E-state index in [1.54, 1.807) is 38.3 Å². The van der Waals surface area contributed by atoms with Crippen LogP contribution in [0, 0.1) is 0 Å². The number of aromatic nitrogens is 1. The van der Waals surface area contributed by atoms with Crippen LogP contribution in [0.1, 0.15) is 25.0 Å². The number of carbonyl (C=O) groups is 2. The van der Waals surface area contributed by atoms with Gasteiger partial charge in [0, 0.05) is 10.9 Å². The first kappa shape index (κ1) is 21.5. The summed E-state index contributed by atoms with van der Waals surface area (Å²) >= 11 is 1.33. The van der Waals surface area contributed by atoms with Crippen molar-refractivity contribution >= 4 is 28.3 Å². The van der Waals surface area contributed by atoms with Gasteiger partial charge in [-0.3, -0.25) is 14.9 Å². The average molecular weight is 425 g/mol. The fourth-order valence-electron chi connectivity index (χ4n) is 2.78. The molecule has 0 bridgehead atoms. The lowest BCUT2D eigenvalue weighted by molar-refractivity contribution is -0.152. The molecule has 156 valence electrons. The Hall–Kier alpha value is -3.19. The van der Waals surface area contributed by atoms with Crippen LogP contribution in [0.3, 0.4) is 0 Å². The SMILES string of the molecule is CCc1ccc(-c2csc(NC(=O)[C@@H](C)OC(=O)Cc3ccc(OC)cc3)n2)cc1.